The van der Waals surface area contributed by atoms with E-state index in [-0.39, 0.29) is 35.5 Å². The van der Waals surface area contributed by atoms with Crippen LogP contribution in [0.4, 0.5) is 19.1 Å². The first kappa shape index (κ1) is 25.8. The predicted molar refractivity (Wildman–Crippen MR) is 141 cm³/mol. The monoisotopic (exact) mass is 565 g/mol. The summed E-state index contributed by atoms with van der Waals surface area (Å²) in [6, 6.07) is 8.75. The Morgan fingerprint density at radius 2 is 1.78 bits per heavy atom. The maximum absolute atomic E-state index is 15.3. The van der Waals surface area contributed by atoms with Gasteiger partial charge in [0, 0.05) is 54.7 Å². The molecule has 3 aliphatic rings. The molecule has 0 spiro atoms. The van der Waals surface area contributed by atoms with Crippen molar-refractivity contribution < 1.29 is 32.9 Å². The van der Waals surface area contributed by atoms with Crippen LogP contribution in [0.2, 0.25) is 0 Å². The molecule has 2 aromatic carbocycles. The summed E-state index contributed by atoms with van der Waals surface area (Å²) in [5, 5.41) is 20.3. The van der Waals surface area contributed by atoms with Crippen molar-refractivity contribution in [2.24, 2.45) is 17.8 Å². The highest BCUT2D eigenvalue weighted by molar-refractivity contribution is 5.83. The number of nitrogens with zero attached hydrogens (tertiary/aromatic N) is 5. The lowest BCUT2D eigenvalue weighted by Crippen LogP contribution is -2.45. The molecule has 0 radical (unpaired) electrons. The number of imidazole rings is 1. The average Bonchev–Trinajstić information content (AvgIpc) is 3.56. The van der Waals surface area contributed by atoms with Gasteiger partial charge in [-0.1, -0.05) is 18.2 Å². The lowest BCUT2D eigenvalue weighted by Gasteiger charge is -2.35. The molecule has 2 fully saturated rings. The molecular weight excluding hydrogens is 539 g/mol. The lowest BCUT2D eigenvalue weighted by molar-refractivity contribution is -0.144. The number of aliphatic carboxylic acids is 1. The normalized spacial score (nSPS) is 25.2. The fourth-order valence-corrected chi connectivity index (χ4v) is 6.98. The van der Waals surface area contributed by atoms with Crippen LogP contribution in [-0.4, -0.2) is 55.4 Å². The number of fused-ring (bicyclic) bond motifs is 5. The van der Waals surface area contributed by atoms with Gasteiger partial charge in [0.2, 0.25) is 5.95 Å². The van der Waals surface area contributed by atoms with Gasteiger partial charge >= 0.3 is 12.6 Å². The smallest absolute Gasteiger partial charge is 0.387 e. The SMILES string of the molecule is O=C(O)C1C2CCC1CN(c1ncc(-c3cc4c(cc3F)nc3n4C(c4ccccc4OC(F)F)CC3O)cn1)C2. The van der Waals surface area contributed by atoms with Gasteiger partial charge in [-0.3, -0.25) is 4.79 Å². The van der Waals surface area contributed by atoms with Crippen LogP contribution in [0.25, 0.3) is 22.2 Å². The molecule has 4 aromatic rings. The number of carboxylic acids is 1. The number of carboxylic acid groups (broad SMARTS) is 1. The van der Waals surface area contributed by atoms with E-state index in [2.05, 4.69) is 15.0 Å². The molecule has 7 rings (SSSR count). The summed E-state index contributed by atoms with van der Waals surface area (Å²) in [7, 11) is 0. The number of para-hydroxylation sites is 1. The number of halogens is 3. The van der Waals surface area contributed by atoms with E-state index in [0.717, 1.165) is 12.8 Å². The number of benzene rings is 2. The van der Waals surface area contributed by atoms with Crippen LogP contribution >= 0.6 is 0 Å². The van der Waals surface area contributed by atoms with E-state index in [1.165, 1.54) is 24.5 Å². The first-order valence-electron chi connectivity index (χ1n) is 13.5. The first-order valence-corrected chi connectivity index (χ1v) is 13.5. The summed E-state index contributed by atoms with van der Waals surface area (Å²) < 4.78 is 48.0. The zero-order chi connectivity index (χ0) is 28.4. The van der Waals surface area contributed by atoms with Gasteiger partial charge in [0.25, 0.3) is 0 Å². The highest BCUT2D eigenvalue weighted by Crippen LogP contribution is 2.45. The maximum Gasteiger partial charge on any atom is 0.387 e. The molecule has 41 heavy (non-hydrogen) atoms. The number of piperidine rings is 1. The maximum atomic E-state index is 15.3. The largest absolute Gasteiger partial charge is 0.481 e. The van der Waals surface area contributed by atoms with Crippen molar-refractivity contribution in [3.05, 3.63) is 66.0 Å². The molecule has 1 aliphatic carbocycles. The van der Waals surface area contributed by atoms with Gasteiger partial charge in [0.05, 0.1) is 23.0 Å². The molecule has 4 unspecified atom stereocenters. The summed E-state index contributed by atoms with van der Waals surface area (Å²) in [6.07, 6.45) is 4.04. The second kappa shape index (κ2) is 9.72. The van der Waals surface area contributed by atoms with Crippen molar-refractivity contribution in [3.63, 3.8) is 0 Å². The number of carbonyl (C=O) groups is 1. The summed E-state index contributed by atoms with van der Waals surface area (Å²) in [5.74, 6) is -0.722. The molecule has 1 saturated heterocycles. The van der Waals surface area contributed by atoms with Crippen molar-refractivity contribution >= 4 is 23.0 Å². The third kappa shape index (κ3) is 4.28. The van der Waals surface area contributed by atoms with Crippen molar-refractivity contribution in [1.82, 2.24) is 19.5 Å². The van der Waals surface area contributed by atoms with Crippen LogP contribution in [0.5, 0.6) is 5.75 Å². The molecular formula is C29H26F3N5O4. The molecule has 2 aliphatic heterocycles. The van der Waals surface area contributed by atoms with Crippen molar-refractivity contribution in [3.8, 4) is 16.9 Å². The highest BCUT2D eigenvalue weighted by Gasteiger charge is 2.46. The van der Waals surface area contributed by atoms with Gasteiger partial charge in [-0.15, -0.1) is 0 Å². The van der Waals surface area contributed by atoms with Crippen LogP contribution in [0.3, 0.4) is 0 Å². The quantitative estimate of drug-likeness (QED) is 0.343. The Kier molecular flexibility index (Phi) is 6.11. The topological polar surface area (TPSA) is 114 Å². The predicted octanol–water partition coefficient (Wildman–Crippen LogP) is 4.81. The van der Waals surface area contributed by atoms with E-state index < -0.39 is 30.5 Å². The minimum Gasteiger partial charge on any atom is -0.481 e. The third-order valence-electron chi connectivity index (χ3n) is 8.71. The number of ether oxygens (including phenoxy) is 1. The van der Waals surface area contributed by atoms with Gasteiger partial charge in [-0.2, -0.15) is 8.78 Å². The van der Waals surface area contributed by atoms with Crippen LogP contribution in [0, 0.1) is 23.6 Å². The summed E-state index contributed by atoms with van der Waals surface area (Å²) >= 11 is 0. The van der Waals surface area contributed by atoms with Gasteiger partial charge in [-0.25, -0.2) is 19.3 Å². The van der Waals surface area contributed by atoms with E-state index in [9.17, 15) is 23.8 Å². The number of alkyl halides is 2. The zero-order valence-corrected chi connectivity index (χ0v) is 21.7. The Hall–Kier alpha value is -4.19. The molecule has 212 valence electrons. The second-order valence-electron chi connectivity index (χ2n) is 11.0. The molecule has 2 N–H and O–H groups in total. The van der Waals surface area contributed by atoms with Gasteiger partial charge in [0.15, 0.2) is 0 Å². The lowest BCUT2D eigenvalue weighted by atomic mass is 9.85. The molecule has 1 saturated carbocycles. The third-order valence-corrected chi connectivity index (χ3v) is 8.71. The fraction of sp³-hybridized carbons (Fsp3) is 0.379. The van der Waals surface area contributed by atoms with Crippen molar-refractivity contribution in [2.45, 2.75) is 38.0 Å². The van der Waals surface area contributed by atoms with Crippen LogP contribution in [-0.2, 0) is 4.79 Å². The Morgan fingerprint density at radius 1 is 1.07 bits per heavy atom. The summed E-state index contributed by atoms with van der Waals surface area (Å²) in [4.78, 5) is 27.1. The van der Waals surface area contributed by atoms with E-state index in [1.807, 2.05) is 4.90 Å². The minimum absolute atomic E-state index is 0.00143. The molecule has 4 heterocycles. The Labute approximate surface area is 232 Å². The molecule has 12 heteroatoms. The minimum atomic E-state index is -3.01. The zero-order valence-electron chi connectivity index (χ0n) is 21.7. The standard InChI is InChI=1S/C29H26F3N5O4/c30-19-8-20-22(37-21(9-23(38)26(37)35-20)17-3-1-2-4-24(17)41-28(31)32)7-18(19)16-10-33-29(34-11-16)36-12-14-5-6-15(13-36)25(14)27(39)40/h1-4,7-8,10-11,14-15,21,23,25,28,38H,5-6,9,12-13H2,(H,39,40). The fourth-order valence-electron chi connectivity index (χ4n) is 6.98. The molecule has 4 atom stereocenters. The number of aliphatic hydroxyl groups excluding tert-OH is 1. The Balaban J connectivity index is 1.22. The van der Waals surface area contributed by atoms with E-state index >= 15 is 4.39 Å². The van der Waals surface area contributed by atoms with E-state index in [4.69, 9.17) is 4.74 Å². The molecule has 9 nitrogen and oxygen atoms in total. The van der Waals surface area contributed by atoms with Gasteiger partial charge in [0.1, 0.15) is 23.5 Å². The molecule has 2 aromatic heterocycles. The number of rotatable bonds is 6. The molecule has 2 bridgehead atoms. The Morgan fingerprint density at radius 3 is 2.46 bits per heavy atom. The number of aliphatic hydroxyl groups is 1. The molecule has 0 amide bonds. The van der Waals surface area contributed by atoms with Crippen LogP contribution in [0.1, 0.15) is 42.8 Å². The summed E-state index contributed by atoms with van der Waals surface area (Å²) in [6.45, 7) is -1.88. The van der Waals surface area contributed by atoms with Crippen LogP contribution < -0.4 is 9.64 Å². The number of hydrogen-bond acceptors (Lipinski definition) is 7. The summed E-state index contributed by atoms with van der Waals surface area (Å²) in [5.41, 5.74) is 1.98. The van der Waals surface area contributed by atoms with E-state index in [0.29, 0.717) is 47.0 Å². The van der Waals surface area contributed by atoms with Crippen molar-refractivity contribution in [1.29, 1.82) is 0 Å². The van der Waals surface area contributed by atoms with Crippen molar-refractivity contribution in [2.75, 3.05) is 18.0 Å². The Bertz CT molecular complexity index is 1630. The van der Waals surface area contributed by atoms with Crippen LogP contribution in [0.15, 0.2) is 48.8 Å². The van der Waals surface area contributed by atoms with E-state index in [1.54, 1.807) is 28.8 Å². The van der Waals surface area contributed by atoms with Gasteiger partial charge in [-0.05, 0) is 36.8 Å². The number of hydrogen-bond donors (Lipinski definition) is 2. The highest BCUT2D eigenvalue weighted by atomic mass is 19.3. The number of aromatic nitrogens is 4. The average molecular weight is 566 g/mol. The van der Waals surface area contributed by atoms with Gasteiger partial charge < -0.3 is 24.4 Å². The first-order chi connectivity index (χ1) is 19.8. The number of anilines is 1. The second-order valence-corrected chi connectivity index (χ2v) is 11.0.